The normalized spacial score (nSPS) is 13.0. The summed E-state index contributed by atoms with van der Waals surface area (Å²) in [7, 11) is 0. The van der Waals surface area contributed by atoms with Gasteiger partial charge in [-0.3, -0.25) is 4.79 Å². The molecule has 2 rings (SSSR count). The number of rotatable bonds is 6. The van der Waals surface area contributed by atoms with Crippen LogP contribution in [0.1, 0.15) is 24.7 Å². The smallest absolute Gasteiger partial charge is 0.270 e. The van der Waals surface area contributed by atoms with Gasteiger partial charge in [0.2, 0.25) is 0 Å². The maximum atomic E-state index is 13.0. The summed E-state index contributed by atoms with van der Waals surface area (Å²) in [5.74, 6) is -0.353. The monoisotopic (exact) mass is 319 g/mol. The summed E-state index contributed by atoms with van der Waals surface area (Å²) < 4.78 is 14.3. The Bertz CT molecular complexity index is 692. The van der Waals surface area contributed by atoms with Crippen molar-refractivity contribution in [3.8, 4) is 0 Å². The first-order valence-electron chi connectivity index (χ1n) is 7.19. The van der Waals surface area contributed by atoms with Gasteiger partial charge < -0.3 is 10.4 Å². The van der Waals surface area contributed by atoms with Gasteiger partial charge >= 0.3 is 0 Å². The van der Waals surface area contributed by atoms with Crippen LogP contribution in [0.2, 0.25) is 0 Å². The largest absolute Gasteiger partial charge is 0.394 e. The van der Waals surface area contributed by atoms with Gasteiger partial charge in [0.05, 0.1) is 12.6 Å². The van der Waals surface area contributed by atoms with Crippen molar-refractivity contribution in [2.24, 2.45) is 0 Å². The molecule has 0 spiro atoms. The fraction of sp³-hybridized carbons (Fsp3) is 0.333. The lowest BCUT2D eigenvalue weighted by Crippen LogP contribution is -2.38. The van der Waals surface area contributed by atoms with Crippen molar-refractivity contribution in [1.82, 2.24) is 25.5 Å². The zero-order valence-corrected chi connectivity index (χ0v) is 12.9. The van der Waals surface area contributed by atoms with Gasteiger partial charge in [-0.1, -0.05) is 19.1 Å². The van der Waals surface area contributed by atoms with E-state index in [1.165, 1.54) is 16.8 Å². The number of nitrogens with zero attached hydrogens (tertiary/aromatic N) is 4. The van der Waals surface area contributed by atoms with Gasteiger partial charge in [-0.05, 0) is 47.5 Å². The first-order valence-corrected chi connectivity index (χ1v) is 7.19. The highest BCUT2D eigenvalue weighted by molar-refractivity contribution is 6.18. The highest BCUT2D eigenvalue weighted by atomic mass is 19.1. The standard InChI is InChI=1S/C15H18FN5O2/c1-3-13(9-22)17-15(23)14(21-10(2)18-19-20-21)8-11-4-6-12(16)7-5-11/h4-8,13,22H,3,9H2,1-2H3,(H,17,23)/b14-8-. The summed E-state index contributed by atoms with van der Waals surface area (Å²) in [4.78, 5) is 12.5. The Morgan fingerprint density at radius 1 is 1.43 bits per heavy atom. The summed E-state index contributed by atoms with van der Waals surface area (Å²) in [6.07, 6.45) is 2.14. The second-order valence-electron chi connectivity index (χ2n) is 4.98. The molecule has 1 amide bonds. The van der Waals surface area contributed by atoms with Gasteiger partial charge in [0.25, 0.3) is 5.91 Å². The average molecular weight is 319 g/mol. The maximum Gasteiger partial charge on any atom is 0.270 e. The van der Waals surface area contributed by atoms with Crippen molar-refractivity contribution < 1.29 is 14.3 Å². The van der Waals surface area contributed by atoms with E-state index in [2.05, 4.69) is 20.8 Å². The molecule has 23 heavy (non-hydrogen) atoms. The third kappa shape index (κ3) is 4.19. The van der Waals surface area contributed by atoms with Crippen molar-refractivity contribution in [3.05, 3.63) is 41.5 Å². The summed E-state index contributed by atoms with van der Waals surface area (Å²) >= 11 is 0. The molecule has 0 saturated heterocycles. The molecule has 0 fully saturated rings. The number of aliphatic hydroxyl groups is 1. The maximum absolute atomic E-state index is 13.0. The van der Waals surface area contributed by atoms with Gasteiger partial charge in [0.1, 0.15) is 11.5 Å². The van der Waals surface area contributed by atoms with Crippen LogP contribution in [0.25, 0.3) is 11.8 Å². The molecule has 122 valence electrons. The molecule has 1 aromatic carbocycles. The lowest BCUT2D eigenvalue weighted by Gasteiger charge is -2.15. The van der Waals surface area contributed by atoms with E-state index >= 15 is 0 Å². The highest BCUT2D eigenvalue weighted by Crippen LogP contribution is 2.13. The van der Waals surface area contributed by atoms with E-state index in [1.54, 1.807) is 25.1 Å². The van der Waals surface area contributed by atoms with Crippen LogP contribution in [0.4, 0.5) is 4.39 Å². The van der Waals surface area contributed by atoms with Gasteiger partial charge in [0, 0.05) is 0 Å². The van der Waals surface area contributed by atoms with E-state index in [-0.39, 0.29) is 24.2 Å². The third-order valence-corrected chi connectivity index (χ3v) is 3.31. The molecule has 1 atom stereocenters. The van der Waals surface area contributed by atoms with Gasteiger partial charge in [-0.2, -0.15) is 4.68 Å². The molecule has 0 aliphatic carbocycles. The number of aliphatic hydroxyl groups excluding tert-OH is 1. The van der Waals surface area contributed by atoms with Crippen LogP contribution in [0, 0.1) is 12.7 Å². The minimum atomic E-state index is -0.425. The molecular weight excluding hydrogens is 301 g/mol. The molecule has 2 aromatic rings. The van der Waals surface area contributed by atoms with E-state index in [0.717, 1.165) is 0 Å². The summed E-state index contributed by atoms with van der Waals surface area (Å²) in [6, 6.07) is 5.33. The molecule has 0 radical (unpaired) electrons. The highest BCUT2D eigenvalue weighted by Gasteiger charge is 2.18. The number of hydrogen-bond acceptors (Lipinski definition) is 5. The molecular formula is C15H18FN5O2. The van der Waals surface area contributed by atoms with E-state index in [9.17, 15) is 14.3 Å². The number of benzene rings is 1. The van der Waals surface area contributed by atoms with Gasteiger partial charge in [-0.15, -0.1) is 5.10 Å². The Labute approximate surface area is 132 Å². The second kappa shape index (κ2) is 7.59. The van der Waals surface area contributed by atoms with Crippen LogP contribution in [-0.4, -0.2) is 43.9 Å². The van der Waals surface area contributed by atoms with E-state index in [0.29, 0.717) is 17.8 Å². The number of aryl methyl sites for hydroxylation is 1. The minimum absolute atomic E-state index is 0.166. The van der Waals surface area contributed by atoms with E-state index in [4.69, 9.17) is 0 Å². The lowest BCUT2D eigenvalue weighted by molar-refractivity contribution is -0.117. The topological polar surface area (TPSA) is 92.9 Å². The van der Waals surface area contributed by atoms with Crippen molar-refractivity contribution in [2.45, 2.75) is 26.3 Å². The lowest BCUT2D eigenvalue weighted by atomic mass is 10.1. The number of tetrazole rings is 1. The molecule has 0 aliphatic heterocycles. The Morgan fingerprint density at radius 2 is 2.13 bits per heavy atom. The van der Waals surface area contributed by atoms with Crippen LogP contribution in [0.15, 0.2) is 24.3 Å². The number of nitrogens with one attached hydrogen (secondary N) is 1. The SMILES string of the molecule is CCC(CO)NC(=O)/C(=C/c1ccc(F)cc1)n1nnnc1C. The first kappa shape index (κ1) is 16.8. The molecule has 1 unspecified atom stereocenters. The van der Waals surface area contributed by atoms with Crippen molar-refractivity contribution in [2.75, 3.05) is 6.61 Å². The Morgan fingerprint density at radius 3 is 2.65 bits per heavy atom. The van der Waals surface area contributed by atoms with Gasteiger partial charge in [-0.25, -0.2) is 4.39 Å². The zero-order chi connectivity index (χ0) is 16.8. The minimum Gasteiger partial charge on any atom is -0.394 e. The third-order valence-electron chi connectivity index (χ3n) is 3.31. The number of aromatic nitrogens is 4. The van der Waals surface area contributed by atoms with Gasteiger partial charge in [0.15, 0.2) is 5.82 Å². The quantitative estimate of drug-likeness (QED) is 0.775. The molecule has 7 nitrogen and oxygen atoms in total. The summed E-state index contributed by atoms with van der Waals surface area (Å²) in [5.41, 5.74) is 0.814. The molecule has 0 saturated carbocycles. The van der Waals surface area contributed by atoms with Crippen LogP contribution in [0.3, 0.4) is 0 Å². The molecule has 1 aromatic heterocycles. The summed E-state index contributed by atoms with van der Waals surface area (Å²) in [6.45, 7) is 3.35. The Kier molecular flexibility index (Phi) is 5.53. The number of hydrogen-bond donors (Lipinski definition) is 2. The van der Waals surface area contributed by atoms with Crippen LogP contribution >= 0.6 is 0 Å². The fourth-order valence-corrected chi connectivity index (χ4v) is 1.93. The van der Waals surface area contributed by atoms with Crippen LogP contribution in [0.5, 0.6) is 0 Å². The predicted molar refractivity (Wildman–Crippen MR) is 82.4 cm³/mol. The van der Waals surface area contributed by atoms with E-state index in [1.807, 2.05) is 6.92 Å². The summed E-state index contributed by atoms with van der Waals surface area (Å²) in [5, 5.41) is 23.1. The zero-order valence-electron chi connectivity index (χ0n) is 12.9. The van der Waals surface area contributed by atoms with Crippen LogP contribution < -0.4 is 5.32 Å². The molecule has 8 heteroatoms. The Balaban J connectivity index is 2.38. The number of amides is 1. The number of carbonyl (C=O) groups excluding carboxylic acids is 1. The van der Waals surface area contributed by atoms with Crippen LogP contribution in [-0.2, 0) is 4.79 Å². The number of carbonyl (C=O) groups is 1. The van der Waals surface area contributed by atoms with Crippen molar-refractivity contribution >= 4 is 17.7 Å². The molecule has 1 heterocycles. The average Bonchev–Trinajstić information content (AvgIpc) is 2.97. The predicted octanol–water partition coefficient (Wildman–Crippen LogP) is 1.01. The van der Waals surface area contributed by atoms with E-state index < -0.39 is 5.91 Å². The van der Waals surface area contributed by atoms with Crippen molar-refractivity contribution in [3.63, 3.8) is 0 Å². The number of halogens is 1. The Hall–Kier alpha value is -2.61. The molecule has 2 N–H and O–H groups in total. The van der Waals surface area contributed by atoms with Crippen molar-refractivity contribution in [1.29, 1.82) is 0 Å². The molecule has 0 bridgehead atoms. The second-order valence-corrected chi connectivity index (χ2v) is 4.98. The first-order chi connectivity index (χ1) is 11.0. The fourth-order valence-electron chi connectivity index (χ4n) is 1.93. The molecule has 0 aliphatic rings.